The summed E-state index contributed by atoms with van der Waals surface area (Å²) in [5, 5.41) is 1.82. The van der Waals surface area contributed by atoms with Crippen molar-refractivity contribution in [2.45, 2.75) is 32.1 Å². The zero-order valence-electron chi connectivity index (χ0n) is 17.4. The van der Waals surface area contributed by atoms with E-state index in [-0.39, 0.29) is 11.8 Å². The number of aryl methyl sites for hydroxylation is 1. The van der Waals surface area contributed by atoms with E-state index >= 15 is 0 Å². The molecule has 0 saturated carbocycles. The highest BCUT2D eigenvalue weighted by Crippen LogP contribution is 2.29. The largest absolute Gasteiger partial charge is 0.445 e. The molecular formula is C25H24ClN3O2. The molecule has 2 aromatic carbocycles. The molecule has 1 fully saturated rings. The number of rotatable bonds is 4. The molecule has 158 valence electrons. The van der Waals surface area contributed by atoms with Crippen molar-refractivity contribution < 1.29 is 9.21 Å². The first-order chi connectivity index (χ1) is 15.1. The Bertz CT molecular complexity index is 1230. The van der Waals surface area contributed by atoms with E-state index in [0.29, 0.717) is 24.6 Å². The first kappa shape index (κ1) is 19.9. The highest BCUT2D eigenvalue weighted by Gasteiger charge is 2.29. The van der Waals surface area contributed by atoms with E-state index in [1.165, 1.54) is 0 Å². The van der Waals surface area contributed by atoms with E-state index in [4.69, 9.17) is 16.0 Å². The minimum atomic E-state index is 0.0354. The van der Waals surface area contributed by atoms with Gasteiger partial charge in [-0.3, -0.25) is 4.79 Å². The van der Waals surface area contributed by atoms with Gasteiger partial charge in [-0.2, -0.15) is 0 Å². The molecule has 31 heavy (non-hydrogen) atoms. The number of likely N-dealkylation sites (tertiary alicyclic amines) is 1. The molecule has 1 aliphatic rings. The molecule has 0 aliphatic carbocycles. The summed E-state index contributed by atoms with van der Waals surface area (Å²) >= 11 is 5.96. The number of carbonyl (C=O) groups is 1. The van der Waals surface area contributed by atoms with Gasteiger partial charge in [-0.1, -0.05) is 35.9 Å². The summed E-state index contributed by atoms with van der Waals surface area (Å²) in [5.41, 5.74) is 3.93. The van der Waals surface area contributed by atoms with Crippen LogP contribution >= 0.6 is 11.6 Å². The van der Waals surface area contributed by atoms with Crippen molar-refractivity contribution >= 4 is 28.4 Å². The monoisotopic (exact) mass is 433 g/mol. The van der Waals surface area contributed by atoms with Crippen LogP contribution < -0.4 is 0 Å². The van der Waals surface area contributed by atoms with Gasteiger partial charge in [-0.25, -0.2) is 4.98 Å². The second kappa shape index (κ2) is 8.23. The lowest BCUT2D eigenvalue weighted by molar-refractivity contribution is 0.0693. The zero-order valence-corrected chi connectivity index (χ0v) is 18.2. The molecule has 1 unspecified atom stereocenters. The Balaban J connectivity index is 1.29. The van der Waals surface area contributed by atoms with Crippen molar-refractivity contribution in [1.82, 2.24) is 14.9 Å². The molecule has 6 heteroatoms. The van der Waals surface area contributed by atoms with Gasteiger partial charge >= 0.3 is 0 Å². The van der Waals surface area contributed by atoms with Crippen LogP contribution in [0.3, 0.4) is 0 Å². The number of piperidine rings is 1. The van der Waals surface area contributed by atoms with Crippen molar-refractivity contribution in [3.63, 3.8) is 0 Å². The number of hydrogen-bond acceptors (Lipinski definition) is 3. The summed E-state index contributed by atoms with van der Waals surface area (Å²) < 4.78 is 6.06. The molecule has 0 spiro atoms. The van der Waals surface area contributed by atoms with Crippen molar-refractivity contribution in [2.75, 3.05) is 13.1 Å². The number of aromatic amines is 1. The summed E-state index contributed by atoms with van der Waals surface area (Å²) in [6.45, 7) is 3.43. The Hall–Kier alpha value is -3.05. The quantitative estimate of drug-likeness (QED) is 0.447. The second-order valence-electron chi connectivity index (χ2n) is 8.28. The van der Waals surface area contributed by atoms with Crippen molar-refractivity contribution in [1.29, 1.82) is 0 Å². The molecule has 5 nitrogen and oxygen atoms in total. The number of nitrogens with one attached hydrogen (secondary N) is 1. The van der Waals surface area contributed by atoms with Crippen LogP contribution in [0.5, 0.6) is 0 Å². The molecule has 1 atom stereocenters. The Morgan fingerprint density at radius 1 is 1.26 bits per heavy atom. The molecule has 2 aromatic heterocycles. The van der Waals surface area contributed by atoms with Gasteiger partial charge in [-0.05, 0) is 55.2 Å². The molecular weight excluding hydrogens is 410 g/mol. The fourth-order valence-corrected chi connectivity index (χ4v) is 4.48. The number of carbonyl (C=O) groups excluding carboxylic acids is 1. The summed E-state index contributed by atoms with van der Waals surface area (Å²) in [4.78, 5) is 22.9. The first-order valence-electron chi connectivity index (χ1n) is 10.6. The van der Waals surface area contributed by atoms with E-state index in [9.17, 15) is 4.79 Å². The van der Waals surface area contributed by atoms with Crippen molar-refractivity contribution in [3.8, 4) is 0 Å². The SMILES string of the molecule is Cc1cccc2[nH]c(C(=O)N3CCCC(c4ncc(Cc5ccc(Cl)cc5)o4)C3)cc12. The van der Waals surface area contributed by atoms with Gasteiger partial charge < -0.3 is 14.3 Å². The van der Waals surface area contributed by atoms with Crippen LogP contribution in [0.15, 0.2) is 59.1 Å². The van der Waals surface area contributed by atoms with Gasteiger partial charge in [0.1, 0.15) is 11.5 Å². The maximum Gasteiger partial charge on any atom is 0.270 e. The number of H-pyrrole nitrogens is 1. The third kappa shape index (κ3) is 4.10. The van der Waals surface area contributed by atoms with Crippen LogP contribution in [0.4, 0.5) is 0 Å². The number of hydrogen-bond donors (Lipinski definition) is 1. The van der Waals surface area contributed by atoms with Crippen LogP contribution in [0.2, 0.25) is 5.02 Å². The minimum absolute atomic E-state index is 0.0354. The molecule has 4 aromatic rings. The lowest BCUT2D eigenvalue weighted by Gasteiger charge is -2.31. The van der Waals surface area contributed by atoms with Gasteiger partial charge in [0.15, 0.2) is 5.89 Å². The van der Waals surface area contributed by atoms with Crippen LogP contribution in [-0.2, 0) is 6.42 Å². The number of amides is 1. The average Bonchev–Trinajstić information content (AvgIpc) is 3.43. The molecule has 1 aliphatic heterocycles. The second-order valence-corrected chi connectivity index (χ2v) is 8.71. The fourth-order valence-electron chi connectivity index (χ4n) is 4.35. The first-order valence-corrected chi connectivity index (χ1v) is 11.0. The number of halogens is 1. The normalized spacial score (nSPS) is 16.7. The summed E-state index contributed by atoms with van der Waals surface area (Å²) in [5.74, 6) is 1.69. The lowest BCUT2D eigenvalue weighted by Crippen LogP contribution is -2.39. The number of aromatic nitrogens is 2. The standard InChI is InChI=1S/C25H24ClN3O2/c1-16-4-2-6-22-21(16)13-23(28-22)25(30)29-11-3-5-18(15-29)24-27-14-20(31-24)12-17-7-9-19(26)10-8-17/h2,4,6-10,13-14,18,28H,3,5,11-12,15H2,1H3. The smallest absolute Gasteiger partial charge is 0.270 e. The summed E-state index contributed by atoms with van der Waals surface area (Å²) in [6, 6.07) is 15.8. The lowest BCUT2D eigenvalue weighted by atomic mass is 9.97. The van der Waals surface area contributed by atoms with Crippen LogP contribution in [0.25, 0.3) is 10.9 Å². The number of fused-ring (bicyclic) bond motifs is 1. The van der Waals surface area contributed by atoms with E-state index < -0.39 is 0 Å². The maximum absolute atomic E-state index is 13.2. The Morgan fingerprint density at radius 3 is 2.90 bits per heavy atom. The molecule has 3 heterocycles. The van der Waals surface area contributed by atoms with Gasteiger partial charge in [0.25, 0.3) is 5.91 Å². The van der Waals surface area contributed by atoms with E-state index in [2.05, 4.69) is 23.0 Å². The zero-order chi connectivity index (χ0) is 21.4. The van der Waals surface area contributed by atoms with Crippen LogP contribution in [0.1, 0.15) is 52.0 Å². The Morgan fingerprint density at radius 2 is 2.10 bits per heavy atom. The predicted octanol–water partition coefficient (Wildman–Crippen LogP) is 5.73. The van der Waals surface area contributed by atoms with Crippen LogP contribution in [-0.4, -0.2) is 33.9 Å². The van der Waals surface area contributed by atoms with Crippen molar-refractivity contribution in [3.05, 3.63) is 88.2 Å². The van der Waals surface area contributed by atoms with Gasteiger partial charge in [-0.15, -0.1) is 0 Å². The number of nitrogens with zero attached hydrogens (tertiary/aromatic N) is 2. The van der Waals surface area contributed by atoms with Gasteiger partial charge in [0.2, 0.25) is 0 Å². The van der Waals surface area contributed by atoms with E-state index in [1.807, 2.05) is 47.4 Å². The highest BCUT2D eigenvalue weighted by molar-refractivity contribution is 6.30. The number of benzene rings is 2. The number of oxazole rings is 1. The third-order valence-electron chi connectivity index (χ3n) is 6.03. The predicted molar refractivity (Wildman–Crippen MR) is 122 cm³/mol. The molecule has 1 saturated heterocycles. The van der Waals surface area contributed by atoms with Crippen LogP contribution in [0, 0.1) is 6.92 Å². The summed E-state index contributed by atoms with van der Waals surface area (Å²) in [6.07, 6.45) is 4.38. The van der Waals surface area contributed by atoms with E-state index in [1.54, 1.807) is 6.20 Å². The third-order valence-corrected chi connectivity index (χ3v) is 6.29. The molecule has 0 radical (unpaired) electrons. The van der Waals surface area contributed by atoms with Gasteiger partial charge in [0.05, 0.1) is 12.1 Å². The molecule has 1 N–H and O–H groups in total. The summed E-state index contributed by atoms with van der Waals surface area (Å²) in [7, 11) is 0. The molecule has 0 bridgehead atoms. The van der Waals surface area contributed by atoms with E-state index in [0.717, 1.165) is 52.2 Å². The highest BCUT2D eigenvalue weighted by atomic mass is 35.5. The topological polar surface area (TPSA) is 62.1 Å². The molecule has 5 rings (SSSR count). The van der Waals surface area contributed by atoms with Crippen molar-refractivity contribution in [2.24, 2.45) is 0 Å². The fraction of sp³-hybridized carbons (Fsp3) is 0.280. The van der Waals surface area contributed by atoms with Gasteiger partial charge in [0, 0.05) is 35.4 Å². The minimum Gasteiger partial charge on any atom is -0.445 e. The Labute approximate surface area is 186 Å². The average molecular weight is 434 g/mol. The maximum atomic E-state index is 13.2. The Kier molecular flexibility index (Phi) is 5.28. The molecule has 1 amide bonds.